The number of hydrogen-bond donors (Lipinski definition) is 0. The third-order valence-corrected chi connectivity index (χ3v) is 5.07. The standard InChI is InChI=1S/C14H21N3OS/c18-13(12-4-2-1-3-5-12)16-7-9-17(10-8-16)14-15-6-11-19-14/h6,11-12H,1-5,7-10H2. The van der Waals surface area contributed by atoms with Crippen LogP contribution in [0.25, 0.3) is 0 Å². The molecule has 19 heavy (non-hydrogen) atoms. The van der Waals surface area contributed by atoms with Gasteiger partial charge in [-0.2, -0.15) is 0 Å². The number of anilines is 1. The fraction of sp³-hybridized carbons (Fsp3) is 0.714. The molecule has 1 aromatic heterocycles. The Morgan fingerprint density at radius 2 is 1.89 bits per heavy atom. The fourth-order valence-electron chi connectivity index (χ4n) is 3.10. The van der Waals surface area contributed by atoms with Crippen molar-refractivity contribution >= 4 is 22.4 Å². The lowest BCUT2D eigenvalue weighted by molar-refractivity contribution is -0.136. The third kappa shape index (κ3) is 2.91. The zero-order valence-corrected chi connectivity index (χ0v) is 12.1. The largest absolute Gasteiger partial charge is 0.345 e. The van der Waals surface area contributed by atoms with Gasteiger partial charge < -0.3 is 9.80 Å². The van der Waals surface area contributed by atoms with Crippen molar-refractivity contribution in [2.75, 3.05) is 31.1 Å². The van der Waals surface area contributed by atoms with E-state index >= 15 is 0 Å². The highest BCUT2D eigenvalue weighted by atomic mass is 32.1. The van der Waals surface area contributed by atoms with Crippen LogP contribution in [-0.4, -0.2) is 42.0 Å². The Morgan fingerprint density at radius 3 is 2.53 bits per heavy atom. The average Bonchev–Trinajstić information content (AvgIpc) is 3.02. The molecule has 0 bridgehead atoms. The summed E-state index contributed by atoms with van der Waals surface area (Å²) in [5.74, 6) is 0.707. The molecule has 1 saturated carbocycles. The van der Waals surface area contributed by atoms with Crippen LogP contribution in [0.2, 0.25) is 0 Å². The highest BCUT2D eigenvalue weighted by Crippen LogP contribution is 2.26. The van der Waals surface area contributed by atoms with Crippen molar-refractivity contribution in [3.8, 4) is 0 Å². The number of thiazole rings is 1. The highest BCUT2D eigenvalue weighted by Gasteiger charge is 2.28. The van der Waals surface area contributed by atoms with Crippen LogP contribution in [0.3, 0.4) is 0 Å². The van der Waals surface area contributed by atoms with Crippen LogP contribution in [0.4, 0.5) is 5.13 Å². The topological polar surface area (TPSA) is 36.4 Å². The summed E-state index contributed by atoms with van der Waals surface area (Å²) in [6.45, 7) is 3.56. The molecule has 1 aliphatic carbocycles. The molecule has 0 unspecified atom stereocenters. The molecule has 0 spiro atoms. The van der Waals surface area contributed by atoms with Crippen LogP contribution in [0, 0.1) is 5.92 Å². The zero-order chi connectivity index (χ0) is 13.1. The Balaban J connectivity index is 1.53. The first-order chi connectivity index (χ1) is 9.34. The maximum Gasteiger partial charge on any atom is 0.225 e. The van der Waals surface area contributed by atoms with E-state index in [9.17, 15) is 4.79 Å². The first kappa shape index (κ1) is 12.9. The number of rotatable bonds is 2. The minimum atomic E-state index is 0.306. The van der Waals surface area contributed by atoms with Crippen molar-refractivity contribution in [1.82, 2.24) is 9.88 Å². The first-order valence-corrected chi connectivity index (χ1v) is 8.16. The summed E-state index contributed by atoms with van der Waals surface area (Å²) >= 11 is 1.68. The second kappa shape index (κ2) is 5.90. The van der Waals surface area contributed by atoms with Gasteiger partial charge in [-0.15, -0.1) is 11.3 Å². The second-order valence-corrected chi connectivity index (χ2v) is 6.33. The highest BCUT2D eigenvalue weighted by molar-refractivity contribution is 7.13. The van der Waals surface area contributed by atoms with Crippen LogP contribution in [0.5, 0.6) is 0 Å². The monoisotopic (exact) mass is 279 g/mol. The van der Waals surface area contributed by atoms with Crippen LogP contribution < -0.4 is 4.90 Å². The molecule has 2 fully saturated rings. The molecule has 2 aliphatic rings. The molecule has 1 saturated heterocycles. The predicted octanol–water partition coefficient (Wildman–Crippen LogP) is 2.37. The van der Waals surface area contributed by atoms with Gasteiger partial charge in [0.25, 0.3) is 0 Å². The maximum atomic E-state index is 12.4. The molecule has 0 aromatic carbocycles. The number of nitrogens with zero attached hydrogens (tertiary/aromatic N) is 3. The lowest BCUT2D eigenvalue weighted by Gasteiger charge is -2.37. The van der Waals surface area contributed by atoms with Crippen molar-refractivity contribution in [3.05, 3.63) is 11.6 Å². The van der Waals surface area contributed by atoms with Crippen molar-refractivity contribution in [3.63, 3.8) is 0 Å². The molecule has 0 atom stereocenters. The summed E-state index contributed by atoms with van der Waals surface area (Å²) in [7, 11) is 0. The molecule has 0 N–H and O–H groups in total. The maximum absolute atomic E-state index is 12.4. The van der Waals surface area contributed by atoms with Gasteiger partial charge in [0.15, 0.2) is 5.13 Å². The molecular formula is C14H21N3OS. The van der Waals surface area contributed by atoms with Crippen molar-refractivity contribution in [1.29, 1.82) is 0 Å². The van der Waals surface area contributed by atoms with E-state index in [-0.39, 0.29) is 0 Å². The van der Waals surface area contributed by atoms with Gasteiger partial charge in [0.05, 0.1) is 0 Å². The molecule has 104 valence electrons. The Hall–Kier alpha value is -1.10. The van der Waals surface area contributed by atoms with Crippen molar-refractivity contribution < 1.29 is 4.79 Å². The van der Waals surface area contributed by atoms with Crippen molar-refractivity contribution in [2.24, 2.45) is 5.92 Å². The Labute approximate surface area is 118 Å². The predicted molar refractivity (Wildman–Crippen MR) is 77.5 cm³/mol. The zero-order valence-electron chi connectivity index (χ0n) is 11.3. The van der Waals surface area contributed by atoms with E-state index in [1.807, 2.05) is 11.6 Å². The van der Waals surface area contributed by atoms with E-state index in [1.165, 1.54) is 19.3 Å². The van der Waals surface area contributed by atoms with E-state index in [0.717, 1.165) is 44.2 Å². The van der Waals surface area contributed by atoms with E-state index in [4.69, 9.17) is 0 Å². The molecule has 2 heterocycles. The van der Waals surface area contributed by atoms with Crippen molar-refractivity contribution in [2.45, 2.75) is 32.1 Å². The summed E-state index contributed by atoms with van der Waals surface area (Å²) < 4.78 is 0. The third-order valence-electron chi connectivity index (χ3n) is 4.24. The smallest absolute Gasteiger partial charge is 0.225 e. The van der Waals surface area contributed by atoms with Crippen LogP contribution >= 0.6 is 11.3 Å². The number of carbonyl (C=O) groups excluding carboxylic acids is 1. The van der Waals surface area contributed by atoms with E-state index < -0.39 is 0 Å². The molecule has 4 nitrogen and oxygen atoms in total. The van der Waals surface area contributed by atoms with Crippen LogP contribution in [0.1, 0.15) is 32.1 Å². The lowest BCUT2D eigenvalue weighted by atomic mass is 9.88. The van der Waals surface area contributed by atoms with Gasteiger partial charge in [0, 0.05) is 43.7 Å². The van der Waals surface area contributed by atoms with E-state index in [1.54, 1.807) is 11.3 Å². The van der Waals surface area contributed by atoms with E-state index in [0.29, 0.717) is 11.8 Å². The number of hydrogen-bond acceptors (Lipinski definition) is 4. The molecule has 1 aromatic rings. The lowest BCUT2D eigenvalue weighted by Crippen LogP contribution is -2.50. The van der Waals surface area contributed by atoms with Gasteiger partial charge in [0.2, 0.25) is 5.91 Å². The Bertz CT molecular complexity index is 406. The van der Waals surface area contributed by atoms with Gasteiger partial charge in [-0.1, -0.05) is 19.3 Å². The van der Waals surface area contributed by atoms with Gasteiger partial charge in [-0.3, -0.25) is 4.79 Å². The SMILES string of the molecule is O=C(C1CCCCC1)N1CCN(c2nccs2)CC1. The molecule has 1 amide bonds. The molecule has 3 rings (SSSR count). The summed E-state index contributed by atoms with van der Waals surface area (Å²) in [6, 6.07) is 0. The minimum absolute atomic E-state index is 0.306. The minimum Gasteiger partial charge on any atom is -0.345 e. The number of amides is 1. The summed E-state index contributed by atoms with van der Waals surface area (Å²) in [6.07, 6.45) is 7.82. The van der Waals surface area contributed by atoms with E-state index in [2.05, 4.69) is 14.8 Å². The van der Waals surface area contributed by atoms with Gasteiger partial charge in [0.1, 0.15) is 0 Å². The quantitative estimate of drug-likeness (QED) is 0.834. The second-order valence-electron chi connectivity index (χ2n) is 5.46. The molecule has 1 aliphatic heterocycles. The van der Waals surface area contributed by atoms with Crippen LogP contribution in [0.15, 0.2) is 11.6 Å². The number of piperazine rings is 1. The molecule has 0 radical (unpaired) electrons. The fourth-order valence-corrected chi connectivity index (χ4v) is 3.79. The number of carbonyl (C=O) groups is 1. The average molecular weight is 279 g/mol. The summed E-state index contributed by atoms with van der Waals surface area (Å²) in [4.78, 5) is 21.1. The first-order valence-electron chi connectivity index (χ1n) is 7.28. The summed E-state index contributed by atoms with van der Waals surface area (Å²) in [5, 5.41) is 3.10. The van der Waals surface area contributed by atoms with Gasteiger partial charge in [-0.05, 0) is 12.8 Å². The Morgan fingerprint density at radius 1 is 1.16 bits per heavy atom. The van der Waals surface area contributed by atoms with Gasteiger partial charge >= 0.3 is 0 Å². The van der Waals surface area contributed by atoms with Gasteiger partial charge in [-0.25, -0.2) is 4.98 Å². The van der Waals surface area contributed by atoms with Crippen LogP contribution in [-0.2, 0) is 4.79 Å². The normalized spacial score (nSPS) is 21.7. The Kier molecular flexibility index (Phi) is 4.01. The molecular weight excluding hydrogens is 258 g/mol. The number of aromatic nitrogens is 1. The molecule has 5 heteroatoms. The summed E-state index contributed by atoms with van der Waals surface area (Å²) in [5.41, 5.74) is 0.